The third kappa shape index (κ3) is 3.64. The van der Waals surface area contributed by atoms with Crippen molar-refractivity contribution in [2.75, 3.05) is 32.2 Å². The van der Waals surface area contributed by atoms with Crippen LogP contribution in [0.25, 0.3) is 0 Å². The quantitative estimate of drug-likeness (QED) is 0.807. The lowest BCUT2D eigenvalue weighted by molar-refractivity contribution is 0.206. The van der Waals surface area contributed by atoms with Gasteiger partial charge in [0.2, 0.25) is 0 Å². The lowest BCUT2D eigenvalue weighted by Crippen LogP contribution is -2.24. The summed E-state index contributed by atoms with van der Waals surface area (Å²) in [6.45, 7) is 5.37. The summed E-state index contributed by atoms with van der Waals surface area (Å²) in [5, 5.41) is 9.35. The summed E-state index contributed by atoms with van der Waals surface area (Å²) in [7, 11) is 3.60. The molecule has 0 aliphatic carbocycles. The molecular weight excluding hydrogens is 218 g/mol. The Hall–Kier alpha value is -1.20. The van der Waals surface area contributed by atoms with E-state index >= 15 is 0 Å². The van der Waals surface area contributed by atoms with Crippen molar-refractivity contribution in [3.05, 3.63) is 17.7 Å². The van der Waals surface area contributed by atoms with Crippen molar-refractivity contribution in [3.63, 3.8) is 0 Å². The van der Waals surface area contributed by atoms with Gasteiger partial charge in [0.15, 0.2) is 0 Å². The van der Waals surface area contributed by atoms with Crippen molar-refractivity contribution >= 4 is 5.69 Å². The van der Waals surface area contributed by atoms with Crippen LogP contribution in [0, 0.1) is 0 Å². The van der Waals surface area contributed by atoms with E-state index in [2.05, 4.69) is 9.97 Å². The summed E-state index contributed by atoms with van der Waals surface area (Å²) in [6, 6.07) is 0. The minimum absolute atomic E-state index is 0.0745. The Morgan fingerprint density at radius 1 is 1.47 bits per heavy atom. The van der Waals surface area contributed by atoms with Gasteiger partial charge in [-0.2, -0.15) is 0 Å². The molecule has 17 heavy (non-hydrogen) atoms. The van der Waals surface area contributed by atoms with E-state index in [1.165, 1.54) is 0 Å². The first-order valence-electron chi connectivity index (χ1n) is 5.76. The van der Waals surface area contributed by atoms with Gasteiger partial charge < -0.3 is 14.7 Å². The predicted octanol–water partition coefficient (Wildman–Crippen LogP) is 1.17. The second-order valence-corrected chi connectivity index (χ2v) is 4.29. The van der Waals surface area contributed by atoms with Gasteiger partial charge in [-0.1, -0.05) is 13.8 Å². The molecule has 1 aromatic heterocycles. The molecule has 1 aromatic rings. The third-order valence-corrected chi connectivity index (χ3v) is 2.57. The highest BCUT2D eigenvalue weighted by Crippen LogP contribution is 2.19. The molecule has 0 aliphatic rings. The van der Waals surface area contributed by atoms with Gasteiger partial charge in [-0.15, -0.1) is 0 Å². The molecule has 0 saturated heterocycles. The molecule has 0 atom stereocenters. The third-order valence-electron chi connectivity index (χ3n) is 2.57. The SMILES string of the molecule is COCCN(C)c1cnc(C(C)C)nc1CO. The molecule has 1 heterocycles. The summed E-state index contributed by atoms with van der Waals surface area (Å²) < 4.78 is 5.02. The molecule has 5 nitrogen and oxygen atoms in total. The van der Waals surface area contributed by atoms with Crippen molar-refractivity contribution < 1.29 is 9.84 Å². The summed E-state index contributed by atoms with van der Waals surface area (Å²) >= 11 is 0. The molecule has 1 N–H and O–H groups in total. The van der Waals surface area contributed by atoms with E-state index in [9.17, 15) is 5.11 Å². The standard InChI is InChI=1S/C12H21N3O2/c1-9(2)12-13-7-11(10(8-16)14-12)15(3)5-6-17-4/h7,9,16H,5-6,8H2,1-4H3. The molecule has 0 saturated carbocycles. The van der Waals surface area contributed by atoms with Gasteiger partial charge in [0.05, 0.1) is 30.8 Å². The normalized spacial score (nSPS) is 10.9. The van der Waals surface area contributed by atoms with Crippen LogP contribution in [0.4, 0.5) is 5.69 Å². The van der Waals surface area contributed by atoms with Gasteiger partial charge in [-0.25, -0.2) is 9.97 Å². The van der Waals surface area contributed by atoms with E-state index in [0.717, 1.165) is 18.1 Å². The first-order valence-corrected chi connectivity index (χ1v) is 5.76. The Kier molecular flexibility index (Phi) is 5.31. The van der Waals surface area contributed by atoms with E-state index in [1.54, 1.807) is 13.3 Å². The maximum Gasteiger partial charge on any atom is 0.131 e. The number of aliphatic hydroxyl groups is 1. The van der Waals surface area contributed by atoms with Crippen molar-refractivity contribution in [1.29, 1.82) is 0 Å². The largest absolute Gasteiger partial charge is 0.390 e. The van der Waals surface area contributed by atoms with E-state index in [-0.39, 0.29) is 12.5 Å². The van der Waals surface area contributed by atoms with Gasteiger partial charge in [0.1, 0.15) is 5.82 Å². The minimum Gasteiger partial charge on any atom is -0.390 e. The number of aliphatic hydroxyl groups excluding tert-OH is 1. The predicted molar refractivity (Wildman–Crippen MR) is 67.2 cm³/mol. The second kappa shape index (κ2) is 6.51. The highest BCUT2D eigenvalue weighted by molar-refractivity contribution is 5.48. The number of rotatable bonds is 6. The Bertz CT molecular complexity index is 356. The Labute approximate surface area is 102 Å². The molecule has 0 spiro atoms. The maximum absolute atomic E-state index is 9.35. The summed E-state index contributed by atoms with van der Waals surface area (Å²) in [4.78, 5) is 10.7. The van der Waals surface area contributed by atoms with Crippen LogP contribution >= 0.6 is 0 Å². The fraction of sp³-hybridized carbons (Fsp3) is 0.667. The van der Waals surface area contributed by atoms with Crippen LogP contribution in [-0.4, -0.2) is 42.4 Å². The van der Waals surface area contributed by atoms with Crippen LogP contribution in [0.15, 0.2) is 6.20 Å². The molecule has 96 valence electrons. The zero-order chi connectivity index (χ0) is 12.8. The van der Waals surface area contributed by atoms with Gasteiger partial charge in [0.25, 0.3) is 0 Å². The van der Waals surface area contributed by atoms with Crippen molar-refractivity contribution in [2.45, 2.75) is 26.4 Å². The van der Waals surface area contributed by atoms with Crippen molar-refractivity contribution in [2.24, 2.45) is 0 Å². The minimum atomic E-state index is -0.0745. The second-order valence-electron chi connectivity index (χ2n) is 4.29. The van der Waals surface area contributed by atoms with E-state index in [1.807, 2.05) is 25.8 Å². The molecule has 0 amide bonds. The van der Waals surface area contributed by atoms with Crippen molar-refractivity contribution in [1.82, 2.24) is 9.97 Å². The molecule has 0 bridgehead atoms. The zero-order valence-electron chi connectivity index (χ0n) is 11.0. The first kappa shape index (κ1) is 13.9. The number of methoxy groups -OCH3 is 1. The van der Waals surface area contributed by atoms with Crippen LogP contribution in [-0.2, 0) is 11.3 Å². The maximum atomic E-state index is 9.35. The van der Waals surface area contributed by atoms with Crippen LogP contribution in [0.3, 0.4) is 0 Å². The summed E-state index contributed by atoms with van der Waals surface area (Å²) in [5.41, 5.74) is 1.52. The van der Waals surface area contributed by atoms with Crippen molar-refractivity contribution in [3.8, 4) is 0 Å². The van der Waals surface area contributed by atoms with Gasteiger partial charge in [-0.3, -0.25) is 0 Å². The van der Waals surface area contributed by atoms with Crippen LogP contribution in [0.1, 0.15) is 31.3 Å². The van der Waals surface area contributed by atoms with Gasteiger partial charge in [-0.05, 0) is 0 Å². The summed E-state index contributed by atoms with van der Waals surface area (Å²) in [5.74, 6) is 1.02. The lowest BCUT2D eigenvalue weighted by atomic mass is 10.2. The van der Waals surface area contributed by atoms with E-state index in [0.29, 0.717) is 12.3 Å². The first-order chi connectivity index (χ1) is 8.10. The number of aromatic nitrogens is 2. The Balaban J connectivity index is 2.91. The van der Waals surface area contributed by atoms with Crippen LogP contribution < -0.4 is 4.90 Å². The number of likely N-dealkylation sites (N-methyl/N-ethyl adjacent to an activating group) is 1. The molecule has 0 radical (unpaired) electrons. The molecule has 5 heteroatoms. The van der Waals surface area contributed by atoms with E-state index < -0.39 is 0 Å². The zero-order valence-corrected chi connectivity index (χ0v) is 11.0. The monoisotopic (exact) mass is 239 g/mol. The fourth-order valence-corrected chi connectivity index (χ4v) is 1.49. The van der Waals surface area contributed by atoms with E-state index in [4.69, 9.17) is 4.74 Å². The summed E-state index contributed by atoms with van der Waals surface area (Å²) in [6.07, 6.45) is 1.77. The highest BCUT2D eigenvalue weighted by atomic mass is 16.5. The molecule has 1 rings (SSSR count). The average Bonchev–Trinajstić information content (AvgIpc) is 2.34. The number of ether oxygens (including phenoxy) is 1. The smallest absolute Gasteiger partial charge is 0.131 e. The molecule has 0 fully saturated rings. The van der Waals surface area contributed by atoms with Gasteiger partial charge in [0, 0.05) is 26.6 Å². The number of hydrogen-bond donors (Lipinski definition) is 1. The number of anilines is 1. The average molecular weight is 239 g/mol. The molecule has 0 aliphatic heterocycles. The fourth-order valence-electron chi connectivity index (χ4n) is 1.49. The van der Waals surface area contributed by atoms with Crippen LogP contribution in [0.2, 0.25) is 0 Å². The van der Waals surface area contributed by atoms with Crippen LogP contribution in [0.5, 0.6) is 0 Å². The lowest BCUT2D eigenvalue weighted by Gasteiger charge is -2.21. The Morgan fingerprint density at radius 2 is 2.18 bits per heavy atom. The highest BCUT2D eigenvalue weighted by Gasteiger charge is 2.12. The number of nitrogens with zero attached hydrogens (tertiary/aromatic N) is 3. The number of hydrogen-bond acceptors (Lipinski definition) is 5. The molecule has 0 unspecified atom stereocenters. The molecule has 0 aromatic carbocycles. The molecular formula is C12H21N3O2. The van der Waals surface area contributed by atoms with Gasteiger partial charge >= 0.3 is 0 Å². The Morgan fingerprint density at radius 3 is 2.71 bits per heavy atom. The topological polar surface area (TPSA) is 58.5 Å².